The van der Waals surface area contributed by atoms with Gasteiger partial charge in [0.2, 0.25) is 5.95 Å². The number of H-pyrrole nitrogens is 1. The van der Waals surface area contributed by atoms with E-state index < -0.39 is 0 Å². The van der Waals surface area contributed by atoms with Crippen LogP contribution >= 0.6 is 0 Å². The van der Waals surface area contributed by atoms with Crippen molar-refractivity contribution in [3.05, 3.63) is 36.7 Å². The molecule has 2 aromatic rings. The molecule has 1 saturated heterocycles. The molecule has 0 aliphatic carbocycles. The summed E-state index contributed by atoms with van der Waals surface area (Å²) in [5.41, 5.74) is 1.96. The fourth-order valence-electron chi connectivity index (χ4n) is 4.19. The largest absolute Gasteiger partial charge is 0.400 e. The molecule has 1 aromatic carbocycles. The van der Waals surface area contributed by atoms with Crippen LogP contribution in [-0.2, 0) is 0 Å². The lowest BCUT2D eigenvalue weighted by molar-refractivity contribution is 0.427. The summed E-state index contributed by atoms with van der Waals surface area (Å²) in [5.74, 6) is 0.847. The number of nitrogens with zero attached hydrogens (tertiary/aromatic N) is 4. The highest BCUT2D eigenvalue weighted by molar-refractivity contribution is 6.84. The van der Waals surface area contributed by atoms with Gasteiger partial charge in [0.05, 0.1) is 6.67 Å². The van der Waals surface area contributed by atoms with Crippen molar-refractivity contribution in [3.8, 4) is 0 Å². The number of hydrogen-bond donors (Lipinski definition) is 1. The average molecular weight is 309 g/mol. The molecule has 0 saturated carbocycles. The fraction of sp³-hybridized carbons (Fsp3) is 0.500. The Bertz CT molecular complexity index is 626. The third kappa shape index (κ3) is 2.96. The van der Waals surface area contributed by atoms with Crippen LogP contribution < -0.4 is 9.62 Å². The maximum absolute atomic E-state index is 4.39. The van der Waals surface area contributed by atoms with Gasteiger partial charge in [-0.3, -0.25) is 0 Å². The lowest BCUT2D eigenvalue weighted by Crippen LogP contribution is -2.64. The maximum Gasteiger partial charge on any atom is 0.255 e. The van der Waals surface area contributed by atoms with E-state index in [9.17, 15) is 0 Å². The van der Waals surface area contributed by atoms with E-state index >= 15 is 0 Å². The quantitative estimate of drug-likeness (QED) is 0.865. The number of benzene rings is 1. The molecule has 2 heterocycles. The molecule has 1 aliphatic rings. The Kier molecular flexibility index (Phi) is 4.13. The Morgan fingerprint density at radius 2 is 1.74 bits per heavy atom. The second-order valence-electron chi connectivity index (χ2n) is 7.60. The highest BCUT2D eigenvalue weighted by Crippen LogP contribution is 2.42. The zero-order valence-corrected chi connectivity index (χ0v) is 14.7. The second-order valence-corrected chi connectivity index (χ2v) is 7.60. The molecule has 120 valence electrons. The monoisotopic (exact) mass is 309 g/mol. The van der Waals surface area contributed by atoms with Crippen molar-refractivity contribution in [2.75, 3.05) is 16.3 Å². The Morgan fingerprint density at radius 3 is 2.30 bits per heavy atom. The lowest BCUT2D eigenvalue weighted by Gasteiger charge is -2.51. The van der Waals surface area contributed by atoms with Gasteiger partial charge in [0.25, 0.3) is 13.7 Å². The first kappa shape index (κ1) is 16.0. The van der Waals surface area contributed by atoms with Crippen molar-refractivity contribution >= 4 is 25.3 Å². The minimum absolute atomic E-state index is 0.199. The van der Waals surface area contributed by atoms with Gasteiger partial charge in [0.15, 0.2) is 0 Å². The number of para-hydroxylation sites is 1. The van der Waals surface area contributed by atoms with Crippen LogP contribution in [0.4, 0.5) is 11.6 Å². The van der Waals surface area contributed by atoms with E-state index in [4.69, 9.17) is 0 Å². The van der Waals surface area contributed by atoms with Crippen molar-refractivity contribution in [1.82, 2.24) is 15.2 Å². The van der Waals surface area contributed by atoms with Gasteiger partial charge in [-0.1, -0.05) is 52.6 Å². The SMILES string of the molecule is CB1C(C(C)(C)C)B(C)N(c2ncn[nH]2)CN1c1ccccc1. The number of aromatic amines is 1. The van der Waals surface area contributed by atoms with Crippen molar-refractivity contribution in [2.24, 2.45) is 5.41 Å². The van der Waals surface area contributed by atoms with E-state index in [1.807, 2.05) is 0 Å². The van der Waals surface area contributed by atoms with Crippen LogP contribution in [0.15, 0.2) is 36.7 Å². The van der Waals surface area contributed by atoms with Crippen molar-refractivity contribution in [3.63, 3.8) is 0 Å². The molecule has 3 rings (SSSR count). The Morgan fingerprint density at radius 1 is 1.09 bits per heavy atom. The molecule has 0 bridgehead atoms. The van der Waals surface area contributed by atoms with Gasteiger partial charge in [0, 0.05) is 5.69 Å². The molecule has 7 heteroatoms. The number of aromatic nitrogens is 3. The lowest BCUT2D eigenvalue weighted by atomic mass is 9.25. The molecule has 1 N–H and O–H groups in total. The highest BCUT2D eigenvalue weighted by atomic mass is 15.4. The highest BCUT2D eigenvalue weighted by Gasteiger charge is 2.48. The van der Waals surface area contributed by atoms with Crippen molar-refractivity contribution in [2.45, 2.75) is 40.1 Å². The second kappa shape index (κ2) is 5.95. The van der Waals surface area contributed by atoms with Crippen molar-refractivity contribution < 1.29 is 0 Å². The van der Waals surface area contributed by atoms with Crippen LogP contribution in [0, 0.1) is 5.41 Å². The van der Waals surface area contributed by atoms with Gasteiger partial charge in [-0.25, -0.2) is 10.1 Å². The van der Waals surface area contributed by atoms with E-state index in [0.29, 0.717) is 19.4 Å². The summed E-state index contributed by atoms with van der Waals surface area (Å²) in [7, 11) is 0. The summed E-state index contributed by atoms with van der Waals surface area (Å²) in [4.78, 5) is 9.19. The maximum atomic E-state index is 4.39. The van der Waals surface area contributed by atoms with Gasteiger partial charge in [-0.05, 0) is 23.3 Å². The molecule has 1 fully saturated rings. The van der Waals surface area contributed by atoms with Gasteiger partial charge in [0.1, 0.15) is 6.33 Å². The zero-order valence-electron chi connectivity index (χ0n) is 14.7. The molecule has 1 atom stereocenters. The smallest absolute Gasteiger partial charge is 0.255 e. The van der Waals surface area contributed by atoms with E-state index in [1.54, 1.807) is 6.33 Å². The molecule has 5 nitrogen and oxygen atoms in total. The normalized spacial score (nSPS) is 19.4. The standard InChI is InChI=1S/C16H25B2N5/c1-16(2,3)14-17(4)22(13-9-7-6-8-10-13)12-23(18(14)5)15-19-11-20-21-15/h6-11,14H,12H2,1-5H3,(H,19,20,21). The van der Waals surface area contributed by atoms with Crippen molar-refractivity contribution in [1.29, 1.82) is 0 Å². The summed E-state index contributed by atoms with van der Waals surface area (Å²) >= 11 is 0. The molecule has 0 spiro atoms. The van der Waals surface area contributed by atoms with Gasteiger partial charge < -0.3 is 9.62 Å². The van der Waals surface area contributed by atoms with Crippen LogP contribution in [0.3, 0.4) is 0 Å². The topological polar surface area (TPSA) is 48.1 Å². The fourth-order valence-corrected chi connectivity index (χ4v) is 4.19. The summed E-state index contributed by atoms with van der Waals surface area (Å²) in [6, 6.07) is 10.6. The molecule has 1 aromatic heterocycles. The first-order valence-corrected chi connectivity index (χ1v) is 8.33. The minimum atomic E-state index is 0.199. The molecular weight excluding hydrogens is 284 g/mol. The number of rotatable bonds is 2. The molecule has 0 amide bonds. The van der Waals surface area contributed by atoms with Gasteiger partial charge in [-0.2, -0.15) is 5.10 Å². The number of nitrogens with one attached hydrogen (secondary N) is 1. The summed E-state index contributed by atoms with van der Waals surface area (Å²) in [6.07, 6.45) is 1.58. The number of anilines is 2. The van der Waals surface area contributed by atoms with Crippen LogP contribution in [0.25, 0.3) is 0 Å². The molecule has 23 heavy (non-hydrogen) atoms. The Hall–Kier alpha value is -1.91. The van der Waals surface area contributed by atoms with E-state index in [0.717, 1.165) is 12.6 Å². The molecular formula is C16H25B2N5. The minimum Gasteiger partial charge on any atom is -0.400 e. The Labute approximate surface area is 139 Å². The first-order valence-electron chi connectivity index (χ1n) is 8.33. The summed E-state index contributed by atoms with van der Waals surface area (Å²) in [6.45, 7) is 13.3. The van der Waals surface area contributed by atoms with E-state index in [1.165, 1.54) is 5.69 Å². The summed E-state index contributed by atoms with van der Waals surface area (Å²) in [5, 5.41) is 7.07. The van der Waals surface area contributed by atoms with Crippen LogP contribution in [0.5, 0.6) is 0 Å². The van der Waals surface area contributed by atoms with E-state index in [-0.39, 0.29) is 5.41 Å². The third-order valence-corrected chi connectivity index (χ3v) is 5.09. The summed E-state index contributed by atoms with van der Waals surface area (Å²) < 4.78 is 0. The molecule has 1 unspecified atom stereocenters. The van der Waals surface area contributed by atoms with E-state index in [2.05, 4.69) is 89.6 Å². The Balaban J connectivity index is 2.01. The number of hydrogen-bond acceptors (Lipinski definition) is 4. The molecule has 1 aliphatic heterocycles. The predicted molar refractivity (Wildman–Crippen MR) is 99.1 cm³/mol. The predicted octanol–water partition coefficient (Wildman–Crippen LogP) is 3.29. The van der Waals surface area contributed by atoms with Crippen LogP contribution in [-0.4, -0.2) is 35.5 Å². The third-order valence-electron chi connectivity index (χ3n) is 5.09. The average Bonchev–Trinajstić information content (AvgIpc) is 3.01. The zero-order chi connectivity index (χ0) is 16.6. The van der Waals surface area contributed by atoms with Crippen LogP contribution in [0.2, 0.25) is 19.4 Å². The molecule has 0 radical (unpaired) electrons. The van der Waals surface area contributed by atoms with Gasteiger partial charge in [-0.15, -0.1) is 0 Å². The van der Waals surface area contributed by atoms with Crippen LogP contribution in [0.1, 0.15) is 20.8 Å². The van der Waals surface area contributed by atoms with Gasteiger partial charge >= 0.3 is 0 Å². The first-order chi connectivity index (χ1) is 10.9.